The van der Waals surface area contributed by atoms with Gasteiger partial charge in [0.25, 0.3) is 0 Å². The number of nitrogens with one attached hydrogen (secondary N) is 1. The molecule has 1 aliphatic rings. The second kappa shape index (κ2) is 7.39. The summed E-state index contributed by atoms with van der Waals surface area (Å²) in [7, 11) is -2.35. The lowest BCUT2D eigenvalue weighted by Crippen LogP contribution is -2.49. The lowest BCUT2D eigenvalue weighted by Gasteiger charge is -2.23. The third kappa shape index (κ3) is 5.00. The van der Waals surface area contributed by atoms with Crippen molar-refractivity contribution in [3.05, 3.63) is 0 Å². The maximum Gasteiger partial charge on any atom is 0.326 e. The number of carbonyl (C=O) groups is 3. The van der Waals surface area contributed by atoms with Gasteiger partial charge < -0.3 is 15.2 Å². The maximum atomic E-state index is 12.0. The quantitative estimate of drug-likeness (QED) is 0.630. The summed E-state index contributed by atoms with van der Waals surface area (Å²) in [5.74, 6) is -2.79. The molecule has 1 aliphatic heterocycles. The number of hydrogen-bond donors (Lipinski definition) is 2. The van der Waals surface area contributed by atoms with Gasteiger partial charge >= 0.3 is 11.9 Å². The van der Waals surface area contributed by atoms with E-state index in [4.69, 9.17) is 5.11 Å². The Morgan fingerprint density at radius 2 is 2.00 bits per heavy atom. The zero-order valence-corrected chi connectivity index (χ0v) is 12.5. The van der Waals surface area contributed by atoms with E-state index in [9.17, 15) is 22.8 Å². The van der Waals surface area contributed by atoms with E-state index in [1.807, 2.05) is 0 Å². The molecular formula is C12H19NO7S. The van der Waals surface area contributed by atoms with Crippen LogP contribution in [0.4, 0.5) is 0 Å². The van der Waals surface area contributed by atoms with Gasteiger partial charge in [-0.05, 0) is 19.3 Å². The van der Waals surface area contributed by atoms with Crippen molar-refractivity contribution < 1.29 is 32.6 Å². The van der Waals surface area contributed by atoms with Crippen molar-refractivity contribution in [2.45, 2.75) is 43.4 Å². The normalized spacial score (nSPS) is 22.0. The Balaban J connectivity index is 2.68. The van der Waals surface area contributed by atoms with Crippen LogP contribution >= 0.6 is 0 Å². The van der Waals surface area contributed by atoms with E-state index in [1.54, 1.807) is 0 Å². The first-order chi connectivity index (χ1) is 9.77. The van der Waals surface area contributed by atoms with E-state index in [0.29, 0.717) is 12.8 Å². The largest absolute Gasteiger partial charge is 0.480 e. The Morgan fingerprint density at radius 3 is 2.52 bits per heavy atom. The Kier molecular flexibility index (Phi) is 6.13. The zero-order valence-electron chi connectivity index (χ0n) is 11.7. The second-order valence-electron chi connectivity index (χ2n) is 4.87. The molecule has 0 aromatic heterocycles. The van der Waals surface area contributed by atoms with Crippen LogP contribution in [0.1, 0.15) is 32.1 Å². The smallest absolute Gasteiger partial charge is 0.326 e. The van der Waals surface area contributed by atoms with E-state index in [1.165, 1.54) is 7.11 Å². The van der Waals surface area contributed by atoms with E-state index >= 15 is 0 Å². The number of carbonyl (C=O) groups excluding carboxylic acids is 2. The molecule has 8 nitrogen and oxygen atoms in total. The van der Waals surface area contributed by atoms with Gasteiger partial charge in [0, 0.05) is 6.42 Å². The zero-order chi connectivity index (χ0) is 16.0. The summed E-state index contributed by atoms with van der Waals surface area (Å²) >= 11 is 0. The molecule has 1 fully saturated rings. The van der Waals surface area contributed by atoms with Crippen LogP contribution < -0.4 is 5.32 Å². The number of hydrogen-bond acceptors (Lipinski definition) is 6. The first-order valence-corrected chi connectivity index (χ1v) is 8.31. The third-order valence-corrected chi connectivity index (χ3v) is 5.52. The number of methoxy groups -OCH3 is 1. The molecule has 0 aliphatic carbocycles. The Labute approximate surface area is 122 Å². The third-order valence-electron chi connectivity index (χ3n) is 3.35. The number of ether oxygens (including phenoxy) is 1. The van der Waals surface area contributed by atoms with Crippen LogP contribution in [0.3, 0.4) is 0 Å². The van der Waals surface area contributed by atoms with Crippen LogP contribution in [-0.2, 0) is 29.0 Å². The van der Waals surface area contributed by atoms with Crippen molar-refractivity contribution in [2.24, 2.45) is 0 Å². The average Bonchev–Trinajstić information content (AvgIpc) is 2.41. The van der Waals surface area contributed by atoms with Crippen molar-refractivity contribution in [3.63, 3.8) is 0 Å². The highest BCUT2D eigenvalue weighted by molar-refractivity contribution is 7.92. The minimum Gasteiger partial charge on any atom is -0.480 e. The van der Waals surface area contributed by atoms with Gasteiger partial charge in [-0.25, -0.2) is 13.2 Å². The number of rotatable bonds is 6. The molecule has 0 spiro atoms. The number of aliphatic carboxylic acids is 1. The van der Waals surface area contributed by atoms with Crippen LogP contribution in [0.15, 0.2) is 0 Å². The summed E-state index contributed by atoms with van der Waals surface area (Å²) in [6.07, 6.45) is 0.983. The first-order valence-electron chi connectivity index (χ1n) is 6.59. The van der Waals surface area contributed by atoms with Crippen LogP contribution in [-0.4, -0.2) is 55.5 Å². The van der Waals surface area contributed by atoms with Gasteiger partial charge in [-0.15, -0.1) is 0 Å². The SMILES string of the molecule is COC(=O)CC[C@H](NC(=O)C1CCCCS1(=O)=O)C(=O)O. The van der Waals surface area contributed by atoms with Crippen molar-refractivity contribution in [1.29, 1.82) is 0 Å². The molecule has 2 N–H and O–H groups in total. The molecule has 1 heterocycles. The van der Waals surface area contributed by atoms with Crippen LogP contribution in [0.2, 0.25) is 0 Å². The Hall–Kier alpha value is -1.64. The number of esters is 1. The summed E-state index contributed by atoms with van der Waals surface area (Å²) in [5.41, 5.74) is 0. The summed E-state index contributed by atoms with van der Waals surface area (Å²) in [6.45, 7) is 0. The molecule has 1 amide bonds. The van der Waals surface area contributed by atoms with Gasteiger partial charge in [0.15, 0.2) is 9.84 Å². The molecule has 2 atom stereocenters. The van der Waals surface area contributed by atoms with E-state index in [-0.39, 0.29) is 25.0 Å². The number of sulfone groups is 1. The molecule has 0 aromatic carbocycles. The Morgan fingerprint density at radius 1 is 1.33 bits per heavy atom. The lowest BCUT2D eigenvalue weighted by atomic mass is 10.1. The maximum absolute atomic E-state index is 12.0. The van der Waals surface area contributed by atoms with Gasteiger partial charge in [0.05, 0.1) is 12.9 Å². The van der Waals surface area contributed by atoms with Gasteiger partial charge in [-0.3, -0.25) is 9.59 Å². The van der Waals surface area contributed by atoms with Crippen molar-refractivity contribution in [3.8, 4) is 0 Å². The number of carboxylic acid groups (broad SMARTS) is 1. The molecule has 1 saturated heterocycles. The molecule has 0 aromatic rings. The van der Waals surface area contributed by atoms with Crippen LogP contribution in [0.5, 0.6) is 0 Å². The summed E-state index contributed by atoms with van der Waals surface area (Å²) < 4.78 is 28.0. The highest BCUT2D eigenvalue weighted by Gasteiger charge is 2.36. The van der Waals surface area contributed by atoms with Gasteiger partial charge in [-0.1, -0.05) is 6.42 Å². The predicted molar refractivity (Wildman–Crippen MR) is 72.2 cm³/mol. The highest BCUT2D eigenvalue weighted by atomic mass is 32.2. The van der Waals surface area contributed by atoms with E-state index < -0.39 is 39.0 Å². The number of amides is 1. The molecule has 0 bridgehead atoms. The summed E-state index contributed by atoms with van der Waals surface area (Å²) in [5, 5.41) is 10.0. The van der Waals surface area contributed by atoms with Gasteiger partial charge in [-0.2, -0.15) is 0 Å². The molecule has 120 valence electrons. The fraction of sp³-hybridized carbons (Fsp3) is 0.750. The van der Waals surface area contributed by atoms with Crippen molar-refractivity contribution >= 4 is 27.7 Å². The minimum atomic E-state index is -3.53. The van der Waals surface area contributed by atoms with Crippen LogP contribution in [0.25, 0.3) is 0 Å². The topological polar surface area (TPSA) is 127 Å². The summed E-state index contributed by atoms with van der Waals surface area (Å²) in [4.78, 5) is 34.0. The molecule has 1 rings (SSSR count). The minimum absolute atomic E-state index is 0.0645. The van der Waals surface area contributed by atoms with Gasteiger partial charge in [0.2, 0.25) is 5.91 Å². The fourth-order valence-corrected chi connectivity index (χ4v) is 3.95. The predicted octanol–water partition coefficient (Wildman–Crippen LogP) is -0.524. The average molecular weight is 321 g/mol. The lowest BCUT2D eigenvalue weighted by molar-refractivity contribution is -0.144. The molecule has 21 heavy (non-hydrogen) atoms. The van der Waals surface area contributed by atoms with E-state index in [2.05, 4.69) is 10.1 Å². The number of carboxylic acids is 1. The monoisotopic (exact) mass is 321 g/mol. The summed E-state index contributed by atoms with van der Waals surface area (Å²) in [6, 6.07) is -1.31. The molecule has 0 saturated carbocycles. The van der Waals surface area contributed by atoms with Crippen molar-refractivity contribution in [2.75, 3.05) is 12.9 Å². The molecule has 9 heteroatoms. The first kappa shape index (κ1) is 17.4. The van der Waals surface area contributed by atoms with Crippen LogP contribution in [0, 0.1) is 0 Å². The Bertz CT molecular complexity index is 514. The standard InChI is InChI=1S/C12H19NO7S/c1-20-10(14)6-5-8(12(16)17)13-11(15)9-4-2-3-7-21(9,18)19/h8-9H,2-7H2,1H3,(H,13,15)(H,16,17)/t8-,9?/m0/s1. The molecule has 0 radical (unpaired) electrons. The highest BCUT2D eigenvalue weighted by Crippen LogP contribution is 2.20. The molecule has 1 unspecified atom stereocenters. The second-order valence-corrected chi connectivity index (χ2v) is 7.17. The van der Waals surface area contributed by atoms with E-state index in [0.717, 1.165) is 0 Å². The van der Waals surface area contributed by atoms with Crippen molar-refractivity contribution in [1.82, 2.24) is 5.32 Å². The van der Waals surface area contributed by atoms with Gasteiger partial charge in [0.1, 0.15) is 11.3 Å². The fourth-order valence-electron chi connectivity index (χ4n) is 2.14. The molecular weight excluding hydrogens is 302 g/mol.